The van der Waals surface area contributed by atoms with E-state index in [-0.39, 0.29) is 5.69 Å². The van der Waals surface area contributed by atoms with Crippen LogP contribution in [0.25, 0.3) is 20.3 Å². The van der Waals surface area contributed by atoms with Crippen LogP contribution in [0.2, 0.25) is 0 Å². The molecule has 0 bridgehead atoms. The number of aromatic nitrogens is 4. The molecule has 0 amide bonds. The number of fused-ring (bicyclic) bond motifs is 3. The van der Waals surface area contributed by atoms with Crippen molar-refractivity contribution in [1.29, 1.82) is 0 Å². The summed E-state index contributed by atoms with van der Waals surface area (Å²) in [7, 11) is 0. The van der Waals surface area contributed by atoms with Crippen LogP contribution in [0.15, 0.2) is 36.8 Å². The third kappa shape index (κ3) is 2.55. The molecule has 5 heterocycles. The minimum atomic E-state index is -2.63. The molecule has 0 N–H and O–H groups in total. The first-order chi connectivity index (χ1) is 13.1. The average Bonchev–Trinajstić information content (AvgIpc) is 3.01. The highest BCUT2D eigenvalue weighted by Crippen LogP contribution is 2.42. The van der Waals surface area contributed by atoms with Crippen molar-refractivity contribution in [3.05, 3.63) is 53.6 Å². The van der Waals surface area contributed by atoms with Gasteiger partial charge in [-0.25, -0.2) is 13.8 Å². The van der Waals surface area contributed by atoms with Gasteiger partial charge in [0.15, 0.2) is 0 Å². The molecule has 0 spiro atoms. The van der Waals surface area contributed by atoms with E-state index in [1.165, 1.54) is 16.9 Å². The summed E-state index contributed by atoms with van der Waals surface area (Å²) in [6.07, 6.45) is 2.73. The fourth-order valence-corrected chi connectivity index (χ4v) is 4.86. The van der Waals surface area contributed by atoms with E-state index in [0.29, 0.717) is 16.3 Å². The van der Waals surface area contributed by atoms with Gasteiger partial charge in [-0.15, -0.1) is 21.5 Å². The second-order valence-electron chi connectivity index (χ2n) is 6.69. The number of thiophene rings is 1. The monoisotopic (exact) mass is 383 g/mol. The molecule has 0 aliphatic carbocycles. The molecule has 0 atom stereocenters. The Labute approximate surface area is 157 Å². The maximum Gasteiger partial charge on any atom is 0.282 e. The first-order valence-electron chi connectivity index (χ1n) is 8.61. The van der Waals surface area contributed by atoms with Crippen molar-refractivity contribution < 1.29 is 8.78 Å². The van der Waals surface area contributed by atoms with Crippen molar-refractivity contribution in [2.45, 2.75) is 19.3 Å². The molecule has 1 saturated heterocycles. The van der Waals surface area contributed by atoms with Crippen LogP contribution < -0.4 is 4.90 Å². The smallest absolute Gasteiger partial charge is 0.282 e. The zero-order valence-corrected chi connectivity index (χ0v) is 15.2. The fraction of sp³-hybridized carbons (Fsp3) is 0.263. The molecule has 0 radical (unpaired) electrons. The molecule has 136 valence electrons. The van der Waals surface area contributed by atoms with Gasteiger partial charge < -0.3 is 4.90 Å². The third-order valence-electron chi connectivity index (χ3n) is 5.14. The Morgan fingerprint density at radius 2 is 1.89 bits per heavy atom. The van der Waals surface area contributed by atoms with Gasteiger partial charge in [-0.1, -0.05) is 0 Å². The lowest BCUT2D eigenvalue weighted by Gasteiger charge is -2.40. The van der Waals surface area contributed by atoms with Gasteiger partial charge in [0.1, 0.15) is 16.3 Å². The van der Waals surface area contributed by atoms with Crippen LogP contribution in [0.4, 0.5) is 14.6 Å². The number of alkyl halides is 2. The van der Waals surface area contributed by atoms with Crippen molar-refractivity contribution in [2.75, 3.05) is 18.0 Å². The number of halogens is 2. The number of anilines is 1. The van der Waals surface area contributed by atoms with Crippen LogP contribution >= 0.6 is 11.3 Å². The number of nitrogens with zero attached hydrogens (tertiary/aromatic N) is 5. The Morgan fingerprint density at radius 1 is 1.11 bits per heavy atom. The molecular weight excluding hydrogens is 368 g/mol. The van der Waals surface area contributed by atoms with Crippen LogP contribution in [0, 0.1) is 6.92 Å². The summed E-state index contributed by atoms with van der Waals surface area (Å²) in [5, 5.41) is 9.45. The summed E-state index contributed by atoms with van der Waals surface area (Å²) in [5.41, 5.74) is 1.52. The molecule has 4 aromatic heterocycles. The van der Waals surface area contributed by atoms with Crippen molar-refractivity contribution in [1.82, 2.24) is 20.2 Å². The molecule has 0 saturated carbocycles. The van der Waals surface area contributed by atoms with E-state index >= 15 is 0 Å². The lowest BCUT2D eigenvalue weighted by atomic mass is 9.92. The van der Waals surface area contributed by atoms with Crippen LogP contribution in [0.1, 0.15) is 29.2 Å². The second kappa shape index (κ2) is 6.16. The fourth-order valence-electron chi connectivity index (χ4n) is 3.66. The number of pyridine rings is 2. The lowest BCUT2D eigenvalue weighted by Crippen LogP contribution is -2.45. The van der Waals surface area contributed by atoms with Gasteiger partial charge >= 0.3 is 0 Å². The molecule has 27 heavy (non-hydrogen) atoms. The van der Waals surface area contributed by atoms with Crippen molar-refractivity contribution in [2.24, 2.45) is 0 Å². The molecule has 0 aromatic carbocycles. The summed E-state index contributed by atoms with van der Waals surface area (Å²) in [4.78, 5) is 11.5. The largest absolute Gasteiger partial charge is 0.354 e. The molecule has 0 unspecified atom stereocenters. The minimum Gasteiger partial charge on any atom is -0.354 e. The van der Waals surface area contributed by atoms with E-state index in [1.807, 2.05) is 30.6 Å². The molecule has 1 fully saturated rings. The molecule has 1 aliphatic rings. The Balaban J connectivity index is 1.56. The normalized spacial score (nSPS) is 15.0. The summed E-state index contributed by atoms with van der Waals surface area (Å²) in [6.45, 7) is 3.43. The van der Waals surface area contributed by atoms with Crippen LogP contribution in [-0.4, -0.2) is 33.3 Å². The average molecular weight is 383 g/mol. The second-order valence-corrected chi connectivity index (χ2v) is 7.69. The van der Waals surface area contributed by atoms with Gasteiger partial charge in [-0.05, 0) is 36.2 Å². The molecule has 8 heteroatoms. The van der Waals surface area contributed by atoms with Crippen LogP contribution in [0.3, 0.4) is 0 Å². The Bertz CT molecular complexity index is 1140. The van der Waals surface area contributed by atoms with Crippen LogP contribution in [0.5, 0.6) is 0 Å². The molecule has 4 aromatic rings. The standard InChI is InChI=1S/C19H15F2N5S/c1-10-14-13-4-7-23-18(16(13)27-19(14)25-24-15(10)17(20)21)26-8-12(9-26)11-2-5-22-6-3-11/h2-7,12,17H,8-9H2,1H3. The SMILES string of the molecule is Cc1c(C(F)F)nnc2sc3c(N4CC(c5ccncc5)C4)nccc3c12. The highest BCUT2D eigenvalue weighted by Gasteiger charge is 2.31. The molecular formula is C19H15F2N5S. The summed E-state index contributed by atoms with van der Waals surface area (Å²) >= 11 is 1.46. The van der Waals surface area contributed by atoms with E-state index in [4.69, 9.17) is 0 Å². The number of aryl methyl sites for hydroxylation is 1. The van der Waals surface area contributed by atoms with Crippen molar-refractivity contribution in [3.63, 3.8) is 0 Å². The quantitative estimate of drug-likeness (QED) is 0.522. The predicted octanol–water partition coefficient (Wildman–Crippen LogP) is 4.48. The summed E-state index contributed by atoms with van der Waals surface area (Å²) < 4.78 is 27.4. The predicted molar refractivity (Wildman–Crippen MR) is 102 cm³/mol. The van der Waals surface area contributed by atoms with Gasteiger partial charge in [0.05, 0.1) is 4.70 Å². The van der Waals surface area contributed by atoms with E-state index in [1.54, 1.807) is 13.1 Å². The van der Waals surface area contributed by atoms with Gasteiger partial charge in [-0.2, -0.15) is 0 Å². The first kappa shape index (κ1) is 16.4. The van der Waals surface area contributed by atoms with Gasteiger partial charge in [0.2, 0.25) is 0 Å². The Morgan fingerprint density at radius 3 is 2.63 bits per heavy atom. The highest BCUT2D eigenvalue weighted by atomic mass is 32.1. The van der Waals surface area contributed by atoms with Crippen molar-refractivity contribution in [3.8, 4) is 0 Å². The zero-order valence-electron chi connectivity index (χ0n) is 14.4. The minimum absolute atomic E-state index is 0.248. The van der Waals surface area contributed by atoms with E-state index in [0.717, 1.165) is 34.4 Å². The summed E-state index contributed by atoms with van der Waals surface area (Å²) in [5.74, 6) is 1.34. The van der Waals surface area contributed by atoms with Gasteiger partial charge in [-0.3, -0.25) is 4.98 Å². The van der Waals surface area contributed by atoms with Gasteiger partial charge in [0, 0.05) is 48.4 Å². The number of hydrogen-bond acceptors (Lipinski definition) is 6. The van der Waals surface area contributed by atoms with E-state index in [9.17, 15) is 8.78 Å². The van der Waals surface area contributed by atoms with Crippen molar-refractivity contribution >= 4 is 37.5 Å². The molecule has 5 nitrogen and oxygen atoms in total. The molecule has 1 aliphatic heterocycles. The third-order valence-corrected chi connectivity index (χ3v) is 6.23. The first-order valence-corrected chi connectivity index (χ1v) is 9.42. The summed E-state index contributed by atoms with van der Waals surface area (Å²) in [6, 6.07) is 5.96. The maximum absolute atomic E-state index is 13.2. The number of rotatable bonds is 3. The Hall–Kier alpha value is -2.74. The zero-order chi connectivity index (χ0) is 18.5. The molecule has 5 rings (SSSR count). The lowest BCUT2D eigenvalue weighted by molar-refractivity contribution is 0.144. The van der Waals surface area contributed by atoms with Gasteiger partial charge in [0.25, 0.3) is 6.43 Å². The van der Waals surface area contributed by atoms with Crippen LogP contribution in [-0.2, 0) is 0 Å². The maximum atomic E-state index is 13.2. The van der Waals surface area contributed by atoms with E-state index < -0.39 is 6.43 Å². The Kier molecular flexibility index (Phi) is 3.75. The highest BCUT2D eigenvalue weighted by molar-refractivity contribution is 7.26. The number of hydrogen-bond donors (Lipinski definition) is 0. The van der Waals surface area contributed by atoms with E-state index in [2.05, 4.69) is 25.1 Å². The topological polar surface area (TPSA) is 54.8 Å².